The van der Waals surface area contributed by atoms with Gasteiger partial charge in [0.25, 0.3) is 0 Å². The maximum absolute atomic E-state index is 9.84. The Hall–Kier alpha value is -0.160. The lowest BCUT2D eigenvalue weighted by molar-refractivity contribution is -0.135. The second kappa shape index (κ2) is 3.30. The van der Waals surface area contributed by atoms with Crippen molar-refractivity contribution in [3.05, 3.63) is 0 Å². The zero-order valence-electron chi connectivity index (χ0n) is 7.03. The molecule has 1 unspecified atom stereocenters. The molecule has 1 aliphatic carbocycles. The van der Waals surface area contributed by atoms with E-state index in [4.69, 9.17) is 15.3 Å². The second-order valence-corrected chi connectivity index (χ2v) is 3.64. The van der Waals surface area contributed by atoms with Crippen LogP contribution in [0.25, 0.3) is 0 Å². The fourth-order valence-electron chi connectivity index (χ4n) is 1.97. The molecule has 0 saturated heterocycles. The third kappa shape index (κ3) is 1.15. The van der Waals surface area contributed by atoms with Gasteiger partial charge in [0, 0.05) is 5.41 Å². The summed E-state index contributed by atoms with van der Waals surface area (Å²) in [5.41, 5.74) is -2.20. The average molecular weight is 176 g/mol. The summed E-state index contributed by atoms with van der Waals surface area (Å²) in [5, 5.41) is 36.9. The van der Waals surface area contributed by atoms with Crippen molar-refractivity contribution in [3.63, 3.8) is 0 Å². The highest BCUT2D eigenvalue weighted by Crippen LogP contribution is 2.45. The highest BCUT2D eigenvalue weighted by molar-refractivity contribution is 5.03. The fraction of sp³-hybridized carbons (Fsp3) is 1.00. The number of aliphatic hydroxyl groups is 4. The van der Waals surface area contributed by atoms with Crippen molar-refractivity contribution in [2.75, 3.05) is 19.8 Å². The molecule has 0 spiro atoms. The maximum atomic E-state index is 9.84. The Morgan fingerprint density at radius 2 is 1.50 bits per heavy atom. The lowest BCUT2D eigenvalue weighted by Gasteiger charge is -2.38. The van der Waals surface area contributed by atoms with Gasteiger partial charge in [-0.1, -0.05) is 0 Å². The fourth-order valence-corrected chi connectivity index (χ4v) is 1.97. The van der Waals surface area contributed by atoms with Crippen LogP contribution in [0.2, 0.25) is 0 Å². The summed E-state index contributed by atoms with van der Waals surface area (Å²) >= 11 is 0. The first kappa shape index (κ1) is 9.92. The van der Waals surface area contributed by atoms with E-state index in [0.29, 0.717) is 12.8 Å². The first-order valence-corrected chi connectivity index (χ1v) is 4.19. The zero-order chi connectivity index (χ0) is 9.24. The number of hydrogen-bond acceptors (Lipinski definition) is 4. The summed E-state index contributed by atoms with van der Waals surface area (Å²) in [6.45, 7) is -0.949. The van der Waals surface area contributed by atoms with Crippen molar-refractivity contribution in [1.29, 1.82) is 0 Å². The summed E-state index contributed by atoms with van der Waals surface area (Å²) in [6.07, 6.45) is 1.75. The standard InChI is InChI=1S/C8H16O4/c9-4-7(5-10)2-1-3-8(7,12)6-11/h9-12H,1-6H2. The maximum Gasteiger partial charge on any atom is 0.0977 e. The van der Waals surface area contributed by atoms with E-state index in [1.165, 1.54) is 0 Å². The normalized spacial score (nSPS) is 34.0. The quantitative estimate of drug-likeness (QED) is 0.438. The SMILES string of the molecule is OCC1(O)CCCC1(CO)CO. The van der Waals surface area contributed by atoms with E-state index in [1.807, 2.05) is 0 Å². The molecule has 0 aromatic carbocycles. The van der Waals surface area contributed by atoms with Crippen LogP contribution in [-0.4, -0.2) is 45.8 Å². The molecule has 4 heteroatoms. The van der Waals surface area contributed by atoms with Crippen LogP contribution in [-0.2, 0) is 0 Å². The third-order valence-electron chi connectivity index (χ3n) is 3.10. The first-order chi connectivity index (χ1) is 5.64. The average Bonchev–Trinajstić information content (AvgIpc) is 2.44. The topological polar surface area (TPSA) is 80.9 Å². The van der Waals surface area contributed by atoms with Gasteiger partial charge < -0.3 is 20.4 Å². The van der Waals surface area contributed by atoms with Crippen LogP contribution in [0.1, 0.15) is 19.3 Å². The van der Waals surface area contributed by atoms with Crippen molar-refractivity contribution in [3.8, 4) is 0 Å². The van der Waals surface area contributed by atoms with Gasteiger partial charge >= 0.3 is 0 Å². The molecular weight excluding hydrogens is 160 g/mol. The van der Waals surface area contributed by atoms with Gasteiger partial charge in [0.05, 0.1) is 25.4 Å². The van der Waals surface area contributed by atoms with Crippen molar-refractivity contribution in [2.45, 2.75) is 24.9 Å². The van der Waals surface area contributed by atoms with Gasteiger partial charge in [-0.2, -0.15) is 0 Å². The van der Waals surface area contributed by atoms with Gasteiger partial charge in [-0.05, 0) is 19.3 Å². The lowest BCUT2D eigenvalue weighted by Crippen LogP contribution is -2.51. The van der Waals surface area contributed by atoms with Crippen LogP contribution in [0.3, 0.4) is 0 Å². The molecule has 4 N–H and O–H groups in total. The Morgan fingerprint density at radius 1 is 0.917 bits per heavy atom. The molecule has 72 valence electrons. The Labute approximate surface area is 71.5 Å². The molecule has 1 fully saturated rings. The zero-order valence-corrected chi connectivity index (χ0v) is 7.03. The molecule has 0 amide bonds. The Balaban J connectivity index is 2.85. The number of rotatable bonds is 3. The minimum Gasteiger partial charge on any atom is -0.396 e. The van der Waals surface area contributed by atoms with E-state index in [9.17, 15) is 5.11 Å². The van der Waals surface area contributed by atoms with Crippen LogP contribution in [0.4, 0.5) is 0 Å². The van der Waals surface area contributed by atoms with Gasteiger partial charge in [0.15, 0.2) is 0 Å². The predicted octanol–water partition coefficient (Wildman–Crippen LogP) is -1.14. The summed E-state index contributed by atoms with van der Waals surface area (Å²) in [7, 11) is 0. The van der Waals surface area contributed by atoms with Gasteiger partial charge in [0.1, 0.15) is 0 Å². The molecule has 4 nitrogen and oxygen atoms in total. The number of aliphatic hydroxyl groups excluding tert-OH is 3. The lowest BCUT2D eigenvalue weighted by atomic mass is 9.76. The Morgan fingerprint density at radius 3 is 1.83 bits per heavy atom. The molecule has 1 saturated carbocycles. The van der Waals surface area contributed by atoms with Crippen molar-refractivity contribution in [2.24, 2.45) is 5.41 Å². The molecule has 0 heterocycles. The van der Waals surface area contributed by atoms with Crippen molar-refractivity contribution < 1.29 is 20.4 Å². The minimum atomic E-state index is -1.30. The molecule has 1 rings (SSSR count). The minimum absolute atomic E-state index is 0.277. The second-order valence-electron chi connectivity index (χ2n) is 3.64. The van der Waals surface area contributed by atoms with Gasteiger partial charge in [-0.15, -0.1) is 0 Å². The van der Waals surface area contributed by atoms with E-state index < -0.39 is 17.6 Å². The van der Waals surface area contributed by atoms with E-state index in [1.54, 1.807) is 0 Å². The summed E-state index contributed by atoms with van der Waals surface area (Å²) in [6, 6.07) is 0. The molecular formula is C8H16O4. The van der Waals surface area contributed by atoms with E-state index in [-0.39, 0.29) is 13.2 Å². The van der Waals surface area contributed by atoms with Crippen molar-refractivity contribution >= 4 is 0 Å². The van der Waals surface area contributed by atoms with Crippen LogP contribution in [0.15, 0.2) is 0 Å². The monoisotopic (exact) mass is 176 g/mol. The summed E-state index contributed by atoms with van der Waals surface area (Å²) in [4.78, 5) is 0. The third-order valence-corrected chi connectivity index (χ3v) is 3.10. The molecule has 12 heavy (non-hydrogen) atoms. The van der Waals surface area contributed by atoms with Gasteiger partial charge in [-0.3, -0.25) is 0 Å². The highest BCUT2D eigenvalue weighted by atomic mass is 16.3. The van der Waals surface area contributed by atoms with Gasteiger partial charge in [-0.25, -0.2) is 0 Å². The largest absolute Gasteiger partial charge is 0.396 e. The smallest absolute Gasteiger partial charge is 0.0977 e. The van der Waals surface area contributed by atoms with Gasteiger partial charge in [0.2, 0.25) is 0 Å². The van der Waals surface area contributed by atoms with Crippen LogP contribution < -0.4 is 0 Å². The molecule has 1 aliphatic rings. The predicted molar refractivity (Wildman–Crippen MR) is 42.5 cm³/mol. The Bertz CT molecular complexity index is 155. The van der Waals surface area contributed by atoms with Crippen molar-refractivity contribution in [1.82, 2.24) is 0 Å². The molecule has 0 aromatic heterocycles. The summed E-state index contributed by atoms with van der Waals surface area (Å²) in [5.74, 6) is 0. The molecule has 1 atom stereocenters. The number of hydrogen-bond donors (Lipinski definition) is 4. The van der Waals surface area contributed by atoms with Crippen LogP contribution in [0, 0.1) is 5.41 Å². The molecule has 0 bridgehead atoms. The van der Waals surface area contributed by atoms with Crippen LogP contribution >= 0.6 is 0 Å². The van der Waals surface area contributed by atoms with E-state index >= 15 is 0 Å². The van der Waals surface area contributed by atoms with Crippen LogP contribution in [0.5, 0.6) is 0 Å². The Kier molecular flexibility index (Phi) is 2.73. The molecule has 0 aromatic rings. The highest BCUT2D eigenvalue weighted by Gasteiger charge is 2.52. The first-order valence-electron chi connectivity index (χ1n) is 4.19. The molecule has 0 radical (unpaired) electrons. The van der Waals surface area contributed by atoms with E-state index in [0.717, 1.165) is 6.42 Å². The summed E-state index contributed by atoms with van der Waals surface area (Å²) < 4.78 is 0. The van der Waals surface area contributed by atoms with E-state index in [2.05, 4.69) is 0 Å². The molecule has 0 aliphatic heterocycles.